The molecule has 2 aromatic carbocycles. The van der Waals surface area contributed by atoms with Gasteiger partial charge in [0.15, 0.2) is 0 Å². The van der Waals surface area contributed by atoms with Crippen molar-refractivity contribution < 1.29 is 4.74 Å². The largest absolute Gasteiger partial charge is 0.495 e. The van der Waals surface area contributed by atoms with Gasteiger partial charge in [0.25, 0.3) is 0 Å². The molecule has 0 aliphatic rings. The molecule has 106 valence electrons. The third kappa shape index (κ3) is 3.26. The Morgan fingerprint density at radius 1 is 0.952 bits per heavy atom. The Morgan fingerprint density at radius 3 is 2.52 bits per heavy atom. The van der Waals surface area contributed by atoms with Gasteiger partial charge in [-0.2, -0.15) is 0 Å². The molecule has 1 N–H and O–H groups in total. The number of rotatable bonds is 5. The van der Waals surface area contributed by atoms with Gasteiger partial charge in [0.1, 0.15) is 5.75 Å². The van der Waals surface area contributed by atoms with E-state index >= 15 is 0 Å². The lowest BCUT2D eigenvalue weighted by Gasteiger charge is -2.12. The van der Waals surface area contributed by atoms with E-state index in [0.29, 0.717) is 0 Å². The summed E-state index contributed by atoms with van der Waals surface area (Å²) in [7, 11) is 1.70. The molecule has 0 unspecified atom stereocenters. The summed E-state index contributed by atoms with van der Waals surface area (Å²) >= 11 is 1.75. The standard InChI is InChI=1S/C18H17NOS/c1-20-18-10-9-15(14-6-3-2-4-7-14)12-17(18)19-13-16-8-5-11-21-16/h2-12,19H,13H2,1H3. The molecule has 0 saturated heterocycles. The molecule has 0 atom stereocenters. The zero-order valence-corrected chi connectivity index (χ0v) is 12.7. The maximum atomic E-state index is 5.45. The summed E-state index contributed by atoms with van der Waals surface area (Å²) in [5, 5.41) is 5.55. The van der Waals surface area contributed by atoms with Crippen molar-refractivity contribution in [3.8, 4) is 16.9 Å². The van der Waals surface area contributed by atoms with Crippen molar-refractivity contribution in [2.24, 2.45) is 0 Å². The van der Waals surface area contributed by atoms with E-state index in [2.05, 4.69) is 59.2 Å². The molecule has 3 rings (SSSR count). The third-order valence-corrected chi connectivity index (χ3v) is 4.22. The van der Waals surface area contributed by atoms with Crippen LogP contribution >= 0.6 is 11.3 Å². The molecular weight excluding hydrogens is 278 g/mol. The van der Waals surface area contributed by atoms with Crippen molar-refractivity contribution in [2.45, 2.75) is 6.54 Å². The fourth-order valence-electron chi connectivity index (χ4n) is 2.25. The summed E-state index contributed by atoms with van der Waals surface area (Å²) in [6.45, 7) is 0.812. The minimum atomic E-state index is 0.812. The van der Waals surface area contributed by atoms with Crippen LogP contribution in [0.25, 0.3) is 11.1 Å². The predicted molar refractivity (Wildman–Crippen MR) is 90.1 cm³/mol. The highest BCUT2D eigenvalue weighted by Crippen LogP contribution is 2.31. The fourth-order valence-corrected chi connectivity index (χ4v) is 2.90. The van der Waals surface area contributed by atoms with E-state index in [9.17, 15) is 0 Å². The van der Waals surface area contributed by atoms with Gasteiger partial charge in [-0.15, -0.1) is 11.3 Å². The van der Waals surface area contributed by atoms with E-state index < -0.39 is 0 Å². The van der Waals surface area contributed by atoms with Gasteiger partial charge in [0.2, 0.25) is 0 Å². The third-order valence-electron chi connectivity index (χ3n) is 3.34. The number of nitrogens with one attached hydrogen (secondary N) is 1. The van der Waals surface area contributed by atoms with Crippen LogP contribution in [0.2, 0.25) is 0 Å². The Morgan fingerprint density at radius 2 is 1.81 bits per heavy atom. The SMILES string of the molecule is COc1ccc(-c2ccccc2)cc1NCc1cccs1. The Bertz CT molecular complexity index is 693. The molecule has 1 heterocycles. The maximum Gasteiger partial charge on any atom is 0.141 e. The molecule has 0 spiro atoms. The minimum absolute atomic E-state index is 0.812. The highest BCUT2D eigenvalue weighted by Gasteiger charge is 2.06. The van der Waals surface area contributed by atoms with Crippen molar-refractivity contribution >= 4 is 17.0 Å². The first-order valence-electron chi connectivity index (χ1n) is 6.86. The van der Waals surface area contributed by atoms with Crippen molar-refractivity contribution in [3.05, 3.63) is 70.9 Å². The van der Waals surface area contributed by atoms with E-state index in [1.54, 1.807) is 18.4 Å². The zero-order valence-electron chi connectivity index (χ0n) is 11.9. The Kier molecular flexibility index (Phi) is 4.22. The Labute approximate surface area is 129 Å². The zero-order chi connectivity index (χ0) is 14.5. The molecule has 0 aliphatic heterocycles. The summed E-state index contributed by atoms with van der Waals surface area (Å²) in [6.07, 6.45) is 0. The summed E-state index contributed by atoms with van der Waals surface area (Å²) < 4.78 is 5.45. The van der Waals surface area contributed by atoms with E-state index in [4.69, 9.17) is 4.74 Å². The number of anilines is 1. The number of hydrogen-bond donors (Lipinski definition) is 1. The number of methoxy groups -OCH3 is 1. The van der Waals surface area contributed by atoms with Crippen molar-refractivity contribution in [1.29, 1.82) is 0 Å². The second kappa shape index (κ2) is 6.46. The van der Waals surface area contributed by atoms with Gasteiger partial charge in [-0.1, -0.05) is 42.5 Å². The summed E-state index contributed by atoms with van der Waals surface area (Å²) in [6, 6.07) is 20.8. The topological polar surface area (TPSA) is 21.3 Å². The lowest BCUT2D eigenvalue weighted by molar-refractivity contribution is 0.416. The minimum Gasteiger partial charge on any atom is -0.495 e. The van der Waals surface area contributed by atoms with Gasteiger partial charge in [-0.3, -0.25) is 0 Å². The van der Waals surface area contributed by atoms with Crippen LogP contribution < -0.4 is 10.1 Å². The van der Waals surface area contributed by atoms with Crippen LogP contribution in [0.4, 0.5) is 5.69 Å². The second-order valence-electron chi connectivity index (χ2n) is 4.71. The first kappa shape index (κ1) is 13.7. The van der Waals surface area contributed by atoms with E-state index in [0.717, 1.165) is 18.0 Å². The van der Waals surface area contributed by atoms with Crippen molar-refractivity contribution in [1.82, 2.24) is 0 Å². The first-order chi connectivity index (χ1) is 10.4. The molecule has 0 bridgehead atoms. The van der Waals surface area contributed by atoms with E-state index in [-0.39, 0.29) is 0 Å². The normalized spacial score (nSPS) is 10.3. The van der Waals surface area contributed by atoms with Gasteiger partial charge < -0.3 is 10.1 Å². The number of benzene rings is 2. The molecule has 3 heteroatoms. The van der Waals surface area contributed by atoms with Gasteiger partial charge in [-0.25, -0.2) is 0 Å². The summed E-state index contributed by atoms with van der Waals surface area (Å²) in [5.41, 5.74) is 3.41. The monoisotopic (exact) mass is 295 g/mol. The van der Waals surface area contributed by atoms with Crippen molar-refractivity contribution in [2.75, 3.05) is 12.4 Å². The van der Waals surface area contributed by atoms with Crippen molar-refractivity contribution in [3.63, 3.8) is 0 Å². The molecule has 21 heavy (non-hydrogen) atoms. The van der Waals surface area contributed by atoms with Crippen LogP contribution in [-0.2, 0) is 6.54 Å². The molecule has 0 radical (unpaired) electrons. The lowest BCUT2D eigenvalue weighted by atomic mass is 10.0. The summed E-state index contributed by atoms with van der Waals surface area (Å²) in [5.74, 6) is 0.867. The maximum absolute atomic E-state index is 5.45. The van der Waals surface area contributed by atoms with Crippen LogP contribution in [-0.4, -0.2) is 7.11 Å². The molecule has 0 saturated carbocycles. The van der Waals surface area contributed by atoms with Crippen LogP contribution in [0.1, 0.15) is 4.88 Å². The number of ether oxygens (including phenoxy) is 1. The lowest BCUT2D eigenvalue weighted by Crippen LogP contribution is -2.00. The second-order valence-corrected chi connectivity index (χ2v) is 5.75. The summed E-state index contributed by atoms with van der Waals surface area (Å²) in [4.78, 5) is 1.31. The van der Waals surface area contributed by atoms with E-state index in [1.165, 1.54) is 16.0 Å². The average Bonchev–Trinajstić information content (AvgIpc) is 3.07. The quantitative estimate of drug-likeness (QED) is 0.712. The molecule has 3 aromatic rings. The van der Waals surface area contributed by atoms with Crippen LogP contribution in [0.3, 0.4) is 0 Å². The fraction of sp³-hybridized carbons (Fsp3) is 0.111. The van der Waals surface area contributed by atoms with Gasteiger partial charge in [-0.05, 0) is 34.7 Å². The predicted octanol–water partition coefficient (Wildman–Crippen LogP) is 5.04. The van der Waals surface area contributed by atoms with E-state index in [1.807, 2.05) is 12.1 Å². The molecule has 0 amide bonds. The highest BCUT2D eigenvalue weighted by atomic mass is 32.1. The number of thiophene rings is 1. The van der Waals surface area contributed by atoms with Gasteiger partial charge >= 0.3 is 0 Å². The highest BCUT2D eigenvalue weighted by molar-refractivity contribution is 7.09. The molecule has 1 aromatic heterocycles. The Balaban J connectivity index is 1.86. The molecule has 2 nitrogen and oxygen atoms in total. The molecular formula is C18H17NOS. The smallest absolute Gasteiger partial charge is 0.141 e. The van der Waals surface area contributed by atoms with Gasteiger partial charge in [0.05, 0.1) is 12.8 Å². The van der Waals surface area contributed by atoms with Crippen LogP contribution in [0.15, 0.2) is 66.0 Å². The molecule has 0 fully saturated rings. The number of hydrogen-bond acceptors (Lipinski definition) is 3. The molecule has 0 aliphatic carbocycles. The Hall–Kier alpha value is -2.26. The average molecular weight is 295 g/mol. The first-order valence-corrected chi connectivity index (χ1v) is 7.74. The van der Waals surface area contributed by atoms with Crippen LogP contribution in [0, 0.1) is 0 Å². The van der Waals surface area contributed by atoms with Gasteiger partial charge in [0, 0.05) is 11.4 Å². The van der Waals surface area contributed by atoms with Crippen LogP contribution in [0.5, 0.6) is 5.75 Å².